The highest BCUT2D eigenvalue weighted by molar-refractivity contribution is 4.83. The van der Waals surface area contributed by atoms with Gasteiger partial charge >= 0.3 is 0 Å². The van der Waals surface area contributed by atoms with Crippen LogP contribution in [-0.2, 0) is 0 Å². The second-order valence-electron chi connectivity index (χ2n) is 5.09. The lowest BCUT2D eigenvalue weighted by Gasteiger charge is -2.22. The molecule has 2 aliphatic rings. The van der Waals surface area contributed by atoms with E-state index < -0.39 is 0 Å². The maximum absolute atomic E-state index is 6.26. The molecule has 0 heterocycles. The third-order valence-electron chi connectivity index (χ3n) is 3.81. The predicted molar refractivity (Wildman–Crippen MR) is 56.5 cm³/mol. The molecule has 2 saturated carbocycles. The van der Waals surface area contributed by atoms with Gasteiger partial charge in [-0.2, -0.15) is 0 Å². The Kier molecular flexibility index (Phi) is 3.26. The molecule has 1 nitrogen and oxygen atoms in total. The molecular weight excluding hydrogens is 158 g/mol. The van der Waals surface area contributed by atoms with Crippen LogP contribution in [0.15, 0.2) is 0 Å². The molecule has 0 saturated heterocycles. The highest BCUT2D eigenvalue weighted by Crippen LogP contribution is 2.36. The van der Waals surface area contributed by atoms with Crippen molar-refractivity contribution in [2.45, 2.75) is 63.8 Å². The summed E-state index contributed by atoms with van der Waals surface area (Å²) in [6.07, 6.45) is 12.8. The smallest absolute Gasteiger partial charge is 0.00697 e. The molecule has 2 N–H and O–H groups in total. The van der Waals surface area contributed by atoms with Crippen molar-refractivity contribution in [3.63, 3.8) is 0 Å². The molecule has 0 aromatic carbocycles. The van der Waals surface area contributed by atoms with Gasteiger partial charge < -0.3 is 5.73 Å². The number of hydrogen-bond donors (Lipinski definition) is 1. The third kappa shape index (κ3) is 2.98. The molecule has 13 heavy (non-hydrogen) atoms. The molecule has 2 aliphatic carbocycles. The maximum Gasteiger partial charge on any atom is 0.00697 e. The van der Waals surface area contributed by atoms with Gasteiger partial charge in [0.1, 0.15) is 0 Å². The quantitative estimate of drug-likeness (QED) is 0.665. The molecule has 1 unspecified atom stereocenters. The largest absolute Gasteiger partial charge is 0.327 e. The van der Waals surface area contributed by atoms with E-state index in [1.54, 1.807) is 0 Å². The van der Waals surface area contributed by atoms with Crippen molar-refractivity contribution in [2.24, 2.45) is 17.6 Å². The summed E-state index contributed by atoms with van der Waals surface area (Å²) < 4.78 is 0. The summed E-state index contributed by atoms with van der Waals surface area (Å²) in [7, 11) is 0. The van der Waals surface area contributed by atoms with Gasteiger partial charge in [0.05, 0.1) is 0 Å². The molecule has 76 valence electrons. The minimum Gasteiger partial charge on any atom is -0.327 e. The van der Waals surface area contributed by atoms with Crippen molar-refractivity contribution in [2.75, 3.05) is 0 Å². The van der Waals surface area contributed by atoms with Crippen molar-refractivity contribution >= 4 is 0 Å². The fourth-order valence-corrected chi connectivity index (χ4v) is 2.67. The van der Waals surface area contributed by atoms with Crippen LogP contribution in [0.4, 0.5) is 0 Å². The van der Waals surface area contributed by atoms with Crippen LogP contribution in [0.5, 0.6) is 0 Å². The lowest BCUT2D eigenvalue weighted by Crippen LogP contribution is -2.30. The van der Waals surface area contributed by atoms with Crippen molar-refractivity contribution in [1.82, 2.24) is 0 Å². The Labute approximate surface area is 82.1 Å². The van der Waals surface area contributed by atoms with E-state index in [-0.39, 0.29) is 0 Å². The minimum atomic E-state index is 0.533. The van der Waals surface area contributed by atoms with Crippen LogP contribution in [0.2, 0.25) is 0 Å². The van der Waals surface area contributed by atoms with Gasteiger partial charge in [0.15, 0.2) is 0 Å². The van der Waals surface area contributed by atoms with Crippen LogP contribution >= 0.6 is 0 Å². The highest BCUT2D eigenvalue weighted by atomic mass is 14.7. The first-order chi connectivity index (χ1) is 6.36. The van der Waals surface area contributed by atoms with Crippen LogP contribution in [0.3, 0.4) is 0 Å². The van der Waals surface area contributed by atoms with Crippen molar-refractivity contribution in [1.29, 1.82) is 0 Å². The summed E-state index contributed by atoms with van der Waals surface area (Å²) >= 11 is 0. The van der Waals surface area contributed by atoms with Gasteiger partial charge in [0.25, 0.3) is 0 Å². The van der Waals surface area contributed by atoms with Crippen LogP contribution in [-0.4, -0.2) is 6.04 Å². The Morgan fingerprint density at radius 2 is 1.54 bits per heavy atom. The van der Waals surface area contributed by atoms with Crippen molar-refractivity contribution < 1.29 is 0 Å². The number of nitrogens with two attached hydrogens (primary N) is 1. The van der Waals surface area contributed by atoms with Gasteiger partial charge in [-0.1, -0.05) is 38.5 Å². The zero-order valence-corrected chi connectivity index (χ0v) is 8.67. The Bertz CT molecular complexity index is 143. The lowest BCUT2D eigenvalue weighted by atomic mass is 9.89. The standard InChI is InChI=1S/C12H23N/c13-12(9-10-7-8-10)11-5-3-1-2-4-6-11/h10-12H,1-9,13H2. The summed E-state index contributed by atoms with van der Waals surface area (Å²) in [4.78, 5) is 0. The molecular formula is C12H23N. The van der Waals surface area contributed by atoms with Crippen LogP contribution < -0.4 is 5.73 Å². The Hall–Kier alpha value is -0.0400. The van der Waals surface area contributed by atoms with Crippen molar-refractivity contribution in [3.8, 4) is 0 Å². The van der Waals surface area contributed by atoms with Crippen LogP contribution in [0.1, 0.15) is 57.8 Å². The van der Waals surface area contributed by atoms with E-state index in [0.717, 1.165) is 11.8 Å². The van der Waals surface area contributed by atoms with Gasteiger partial charge in [-0.3, -0.25) is 0 Å². The summed E-state index contributed by atoms with van der Waals surface area (Å²) in [5, 5.41) is 0. The Balaban J connectivity index is 1.74. The summed E-state index contributed by atoms with van der Waals surface area (Å²) in [6.45, 7) is 0. The van der Waals surface area contributed by atoms with E-state index in [4.69, 9.17) is 5.73 Å². The van der Waals surface area contributed by atoms with E-state index in [9.17, 15) is 0 Å². The number of rotatable bonds is 3. The van der Waals surface area contributed by atoms with E-state index in [2.05, 4.69) is 0 Å². The molecule has 0 spiro atoms. The van der Waals surface area contributed by atoms with E-state index in [0.29, 0.717) is 6.04 Å². The van der Waals surface area contributed by atoms with Crippen molar-refractivity contribution in [3.05, 3.63) is 0 Å². The van der Waals surface area contributed by atoms with Gasteiger partial charge in [-0.25, -0.2) is 0 Å². The summed E-state index contributed by atoms with van der Waals surface area (Å²) in [6, 6.07) is 0.533. The molecule has 0 aromatic heterocycles. The second-order valence-corrected chi connectivity index (χ2v) is 5.09. The van der Waals surface area contributed by atoms with E-state index >= 15 is 0 Å². The average Bonchev–Trinajstić information content (AvgIpc) is 2.87. The molecule has 0 aliphatic heterocycles. The van der Waals surface area contributed by atoms with E-state index in [1.165, 1.54) is 57.8 Å². The first-order valence-corrected chi connectivity index (χ1v) is 6.12. The molecule has 0 amide bonds. The molecule has 0 aromatic rings. The monoisotopic (exact) mass is 181 g/mol. The molecule has 2 rings (SSSR count). The topological polar surface area (TPSA) is 26.0 Å². The summed E-state index contributed by atoms with van der Waals surface area (Å²) in [5.74, 6) is 1.88. The van der Waals surface area contributed by atoms with E-state index in [1.807, 2.05) is 0 Å². The predicted octanol–water partition coefficient (Wildman–Crippen LogP) is 3.08. The SMILES string of the molecule is NC(CC1CC1)C1CCCCCC1. The first kappa shape index (κ1) is 9.51. The fraction of sp³-hybridized carbons (Fsp3) is 1.00. The first-order valence-electron chi connectivity index (χ1n) is 6.12. The molecule has 1 heteroatoms. The van der Waals surface area contributed by atoms with Crippen LogP contribution in [0, 0.1) is 11.8 Å². The highest BCUT2D eigenvalue weighted by Gasteiger charge is 2.27. The zero-order valence-electron chi connectivity index (χ0n) is 8.67. The van der Waals surface area contributed by atoms with Gasteiger partial charge in [-0.05, 0) is 31.1 Å². The zero-order chi connectivity index (χ0) is 9.10. The average molecular weight is 181 g/mol. The molecule has 0 bridgehead atoms. The van der Waals surface area contributed by atoms with Gasteiger partial charge in [0, 0.05) is 6.04 Å². The number of hydrogen-bond acceptors (Lipinski definition) is 1. The minimum absolute atomic E-state index is 0.533. The maximum atomic E-state index is 6.26. The third-order valence-corrected chi connectivity index (χ3v) is 3.81. The molecule has 0 radical (unpaired) electrons. The summed E-state index contributed by atoms with van der Waals surface area (Å²) in [5.41, 5.74) is 6.26. The van der Waals surface area contributed by atoms with Gasteiger partial charge in [-0.15, -0.1) is 0 Å². The van der Waals surface area contributed by atoms with Crippen LogP contribution in [0.25, 0.3) is 0 Å². The lowest BCUT2D eigenvalue weighted by molar-refractivity contribution is 0.348. The Morgan fingerprint density at radius 1 is 0.923 bits per heavy atom. The fourth-order valence-electron chi connectivity index (χ4n) is 2.67. The van der Waals surface area contributed by atoms with Gasteiger partial charge in [0.2, 0.25) is 0 Å². The molecule has 2 fully saturated rings. The second kappa shape index (κ2) is 4.45. The Morgan fingerprint density at radius 3 is 2.08 bits per heavy atom. The molecule has 1 atom stereocenters. The normalized spacial score (nSPS) is 28.4.